The highest BCUT2D eigenvalue weighted by atomic mass is 19.4. The van der Waals surface area contributed by atoms with Gasteiger partial charge >= 0.3 is 12.1 Å². The van der Waals surface area contributed by atoms with Crippen LogP contribution in [0.4, 0.5) is 13.2 Å². The molecule has 0 bridgehead atoms. The summed E-state index contributed by atoms with van der Waals surface area (Å²) in [7, 11) is 0. The Morgan fingerprint density at radius 1 is 1.35 bits per heavy atom. The Morgan fingerprint density at radius 3 is 2.59 bits per heavy atom. The van der Waals surface area contributed by atoms with E-state index >= 15 is 0 Å². The standard InChI is InChI=1S/C8H9F3N2O4/c9-8(10,11)2-1-5-12-13-6(17-5)3-16-4-7(14)15/h1-4H2,(H,14,15). The van der Waals surface area contributed by atoms with Gasteiger partial charge < -0.3 is 14.3 Å². The molecule has 9 heteroatoms. The van der Waals surface area contributed by atoms with Crippen molar-refractivity contribution < 1.29 is 32.2 Å². The lowest BCUT2D eigenvalue weighted by Crippen LogP contribution is -2.08. The van der Waals surface area contributed by atoms with Gasteiger partial charge in [0, 0.05) is 6.42 Å². The van der Waals surface area contributed by atoms with Gasteiger partial charge in [0.1, 0.15) is 13.2 Å². The molecule has 96 valence electrons. The maximum atomic E-state index is 11.9. The highest BCUT2D eigenvalue weighted by Gasteiger charge is 2.27. The average Bonchev–Trinajstić information content (AvgIpc) is 2.61. The van der Waals surface area contributed by atoms with Crippen LogP contribution in [0.1, 0.15) is 18.2 Å². The molecule has 6 nitrogen and oxygen atoms in total. The fraction of sp³-hybridized carbons (Fsp3) is 0.625. The SMILES string of the molecule is O=C(O)COCc1nnc(CCC(F)(F)F)o1. The minimum absolute atomic E-state index is 0.0524. The summed E-state index contributed by atoms with van der Waals surface area (Å²) in [5.41, 5.74) is 0. The lowest BCUT2D eigenvalue weighted by atomic mass is 10.3. The smallest absolute Gasteiger partial charge is 0.389 e. The third kappa shape index (κ3) is 5.85. The average molecular weight is 254 g/mol. The van der Waals surface area contributed by atoms with Crippen LogP contribution in [-0.4, -0.2) is 34.1 Å². The van der Waals surface area contributed by atoms with Gasteiger partial charge in [-0.1, -0.05) is 0 Å². The Balaban J connectivity index is 2.35. The van der Waals surface area contributed by atoms with E-state index in [0.29, 0.717) is 0 Å². The first kappa shape index (κ1) is 13.4. The third-order valence-corrected chi connectivity index (χ3v) is 1.58. The van der Waals surface area contributed by atoms with Gasteiger partial charge in [0.05, 0.1) is 6.42 Å². The molecule has 0 saturated carbocycles. The number of rotatable bonds is 6. The number of aliphatic carboxylic acids is 1. The van der Waals surface area contributed by atoms with Crippen molar-refractivity contribution in [1.29, 1.82) is 0 Å². The van der Waals surface area contributed by atoms with E-state index < -0.39 is 31.6 Å². The molecule has 17 heavy (non-hydrogen) atoms. The molecule has 0 unspecified atom stereocenters. The second-order valence-corrected chi connectivity index (χ2v) is 3.09. The van der Waals surface area contributed by atoms with E-state index in [1.54, 1.807) is 0 Å². The van der Waals surface area contributed by atoms with Crippen LogP contribution in [0.15, 0.2) is 4.42 Å². The van der Waals surface area contributed by atoms with Crippen LogP contribution in [0.25, 0.3) is 0 Å². The van der Waals surface area contributed by atoms with Crippen LogP contribution in [0, 0.1) is 0 Å². The van der Waals surface area contributed by atoms with Gasteiger partial charge in [-0.3, -0.25) is 0 Å². The lowest BCUT2D eigenvalue weighted by molar-refractivity contribution is -0.143. The monoisotopic (exact) mass is 254 g/mol. The van der Waals surface area contributed by atoms with Gasteiger partial charge in [-0.05, 0) is 0 Å². The number of hydrogen-bond acceptors (Lipinski definition) is 5. The molecule has 0 aliphatic rings. The molecule has 0 saturated heterocycles. The van der Waals surface area contributed by atoms with E-state index in [2.05, 4.69) is 14.9 Å². The minimum atomic E-state index is -4.28. The largest absolute Gasteiger partial charge is 0.480 e. The number of nitrogens with zero attached hydrogens (tertiary/aromatic N) is 2. The highest BCUT2D eigenvalue weighted by Crippen LogP contribution is 2.21. The first-order chi connectivity index (χ1) is 7.87. The predicted octanol–water partition coefficient (Wildman–Crippen LogP) is 1.17. The Hall–Kier alpha value is -1.64. The van der Waals surface area contributed by atoms with Crippen LogP contribution < -0.4 is 0 Å². The third-order valence-electron chi connectivity index (χ3n) is 1.58. The summed E-state index contributed by atoms with van der Waals surface area (Å²) in [6.45, 7) is -0.786. The molecule has 0 amide bonds. The summed E-state index contributed by atoms with van der Waals surface area (Å²) in [5.74, 6) is -1.37. The maximum Gasteiger partial charge on any atom is 0.389 e. The normalized spacial score (nSPS) is 11.7. The van der Waals surface area contributed by atoms with Crippen molar-refractivity contribution in [3.8, 4) is 0 Å². The molecule has 0 spiro atoms. The number of alkyl halides is 3. The molecular weight excluding hydrogens is 245 g/mol. The van der Waals surface area contributed by atoms with Gasteiger partial charge in [0.15, 0.2) is 0 Å². The summed E-state index contributed by atoms with van der Waals surface area (Å²) in [6.07, 6.45) is -5.74. The molecule has 1 aromatic rings. The first-order valence-electron chi connectivity index (χ1n) is 4.54. The number of aromatic nitrogens is 2. The summed E-state index contributed by atoms with van der Waals surface area (Å²) in [5, 5.41) is 15.0. The van der Waals surface area contributed by atoms with Crippen molar-refractivity contribution in [2.75, 3.05) is 6.61 Å². The van der Waals surface area contributed by atoms with Gasteiger partial charge in [-0.25, -0.2) is 4.79 Å². The fourth-order valence-electron chi connectivity index (χ4n) is 0.922. The molecular formula is C8H9F3N2O4. The number of ether oxygens (including phenoxy) is 1. The van der Waals surface area contributed by atoms with Crippen LogP contribution in [-0.2, 0) is 22.6 Å². The van der Waals surface area contributed by atoms with Crippen molar-refractivity contribution in [2.45, 2.75) is 25.6 Å². The van der Waals surface area contributed by atoms with Crippen LogP contribution in [0.2, 0.25) is 0 Å². The minimum Gasteiger partial charge on any atom is -0.480 e. The number of carboxylic acid groups (broad SMARTS) is 1. The molecule has 0 radical (unpaired) electrons. The zero-order chi connectivity index (χ0) is 12.9. The van der Waals surface area contributed by atoms with E-state index in [1.807, 2.05) is 0 Å². The number of aryl methyl sites for hydroxylation is 1. The van der Waals surface area contributed by atoms with Gasteiger partial charge in [0.25, 0.3) is 0 Å². The number of hydrogen-bond donors (Lipinski definition) is 1. The highest BCUT2D eigenvalue weighted by molar-refractivity contribution is 5.67. The van der Waals surface area contributed by atoms with E-state index in [9.17, 15) is 18.0 Å². The topological polar surface area (TPSA) is 85.5 Å². The van der Waals surface area contributed by atoms with Crippen LogP contribution >= 0.6 is 0 Å². The van der Waals surface area contributed by atoms with Crippen molar-refractivity contribution >= 4 is 5.97 Å². The van der Waals surface area contributed by atoms with E-state index in [1.165, 1.54) is 0 Å². The zero-order valence-electron chi connectivity index (χ0n) is 8.53. The van der Waals surface area contributed by atoms with Crippen molar-refractivity contribution in [3.05, 3.63) is 11.8 Å². The molecule has 1 rings (SSSR count). The number of carboxylic acids is 1. The molecule has 0 fully saturated rings. The van der Waals surface area contributed by atoms with E-state index in [4.69, 9.17) is 9.52 Å². The van der Waals surface area contributed by atoms with Crippen molar-refractivity contribution in [3.63, 3.8) is 0 Å². The van der Waals surface area contributed by atoms with Crippen LogP contribution in [0.5, 0.6) is 0 Å². The predicted molar refractivity (Wildman–Crippen MR) is 46.0 cm³/mol. The summed E-state index contributed by atoms with van der Waals surface area (Å²) < 4.78 is 45.0. The number of halogens is 3. The molecule has 0 atom stereocenters. The molecule has 1 aromatic heterocycles. The summed E-state index contributed by atoms with van der Waals surface area (Å²) >= 11 is 0. The Morgan fingerprint density at radius 2 is 2.00 bits per heavy atom. The zero-order valence-corrected chi connectivity index (χ0v) is 8.53. The van der Waals surface area contributed by atoms with Crippen LogP contribution in [0.3, 0.4) is 0 Å². The fourth-order valence-corrected chi connectivity index (χ4v) is 0.922. The summed E-state index contributed by atoms with van der Waals surface area (Å²) in [4.78, 5) is 10.1. The molecule has 0 aromatic carbocycles. The lowest BCUT2D eigenvalue weighted by Gasteiger charge is -2.02. The molecule has 0 aliphatic carbocycles. The maximum absolute atomic E-state index is 11.9. The first-order valence-corrected chi connectivity index (χ1v) is 4.54. The van der Waals surface area contributed by atoms with Gasteiger partial charge in [0.2, 0.25) is 11.8 Å². The Kier molecular flexibility index (Phi) is 4.44. The molecule has 1 heterocycles. The molecule has 0 aliphatic heterocycles. The second kappa shape index (κ2) is 5.62. The number of carbonyl (C=O) groups is 1. The van der Waals surface area contributed by atoms with Gasteiger partial charge in [-0.2, -0.15) is 13.2 Å². The van der Waals surface area contributed by atoms with E-state index in [0.717, 1.165) is 0 Å². The Bertz CT molecular complexity index is 377. The van der Waals surface area contributed by atoms with E-state index in [-0.39, 0.29) is 18.4 Å². The van der Waals surface area contributed by atoms with Crippen molar-refractivity contribution in [2.24, 2.45) is 0 Å². The molecule has 1 N–H and O–H groups in total. The van der Waals surface area contributed by atoms with Gasteiger partial charge in [-0.15, -0.1) is 10.2 Å². The Labute approximate surface area is 93.4 Å². The quantitative estimate of drug-likeness (QED) is 0.820. The van der Waals surface area contributed by atoms with Crippen molar-refractivity contribution in [1.82, 2.24) is 10.2 Å². The summed E-state index contributed by atoms with van der Waals surface area (Å²) in [6, 6.07) is 0. The second-order valence-electron chi connectivity index (χ2n) is 3.09.